The highest BCUT2D eigenvalue weighted by Gasteiger charge is 2.23. The van der Waals surface area contributed by atoms with Crippen LogP contribution < -0.4 is 10.5 Å². The molecule has 3 aromatic rings. The zero-order chi connectivity index (χ0) is 20.4. The number of thioether (sulfide) groups is 1. The van der Waals surface area contributed by atoms with Gasteiger partial charge >= 0.3 is 6.61 Å². The lowest BCUT2D eigenvalue weighted by molar-refractivity contribution is -0.0498. The molecule has 0 bridgehead atoms. The summed E-state index contributed by atoms with van der Waals surface area (Å²) in [6, 6.07) is 8.08. The molecule has 0 aliphatic carbocycles. The lowest BCUT2D eigenvalue weighted by Crippen LogP contribution is -2.15. The number of alkyl halides is 2. The standard InChI is InChI=1S/C18H19F2N5O2S/c1-9-8-14(15(26)11(3)28-18-22-17(21)23-24-18)10(2)25(9)12-4-6-13(7-5-12)27-16(19)20/h4-8,11,16H,1-3H3,(H3,21,22,23,24)/t11-/m0/s1. The first-order valence-corrected chi connectivity index (χ1v) is 9.27. The summed E-state index contributed by atoms with van der Waals surface area (Å²) in [7, 11) is 0. The monoisotopic (exact) mass is 407 g/mol. The number of halogens is 2. The molecule has 2 aromatic heterocycles. The molecule has 0 saturated heterocycles. The second kappa shape index (κ2) is 8.01. The van der Waals surface area contributed by atoms with Crippen LogP contribution >= 0.6 is 11.8 Å². The summed E-state index contributed by atoms with van der Waals surface area (Å²) in [6.45, 7) is 2.62. The molecule has 1 atom stereocenters. The molecule has 2 heterocycles. The van der Waals surface area contributed by atoms with Crippen molar-refractivity contribution in [1.82, 2.24) is 19.7 Å². The van der Waals surface area contributed by atoms with Crippen LogP contribution in [0.4, 0.5) is 14.7 Å². The van der Waals surface area contributed by atoms with Gasteiger partial charge in [0.25, 0.3) is 0 Å². The first-order valence-electron chi connectivity index (χ1n) is 8.39. The molecule has 7 nitrogen and oxygen atoms in total. The van der Waals surface area contributed by atoms with Gasteiger partial charge in [-0.25, -0.2) is 5.10 Å². The van der Waals surface area contributed by atoms with Crippen LogP contribution in [0.5, 0.6) is 5.75 Å². The number of nitrogens with zero attached hydrogens (tertiary/aromatic N) is 3. The molecule has 0 aliphatic heterocycles. The van der Waals surface area contributed by atoms with E-state index in [0.29, 0.717) is 10.7 Å². The predicted octanol–water partition coefficient (Wildman–Crippen LogP) is 3.76. The molecule has 28 heavy (non-hydrogen) atoms. The van der Waals surface area contributed by atoms with E-state index in [-0.39, 0.29) is 17.5 Å². The first-order chi connectivity index (χ1) is 13.3. The van der Waals surface area contributed by atoms with Crippen molar-refractivity contribution in [3.63, 3.8) is 0 Å². The van der Waals surface area contributed by atoms with Gasteiger partial charge in [0.2, 0.25) is 11.1 Å². The normalized spacial score (nSPS) is 12.4. The molecular formula is C18H19F2N5O2S. The van der Waals surface area contributed by atoms with E-state index in [0.717, 1.165) is 17.1 Å². The summed E-state index contributed by atoms with van der Waals surface area (Å²) in [5, 5.41) is 6.46. The lowest BCUT2D eigenvalue weighted by atomic mass is 10.1. The van der Waals surface area contributed by atoms with Gasteiger partial charge in [-0.2, -0.15) is 13.8 Å². The fourth-order valence-electron chi connectivity index (χ4n) is 2.93. The average molecular weight is 407 g/mol. The third-order valence-corrected chi connectivity index (χ3v) is 5.11. The predicted molar refractivity (Wildman–Crippen MR) is 102 cm³/mol. The third-order valence-electron chi connectivity index (χ3n) is 4.15. The third kappa shape index (κ3) is 4.16. The Labute approximate surface area is 164 Å². The van der Waals surface area contributed by atoms with E-state index in [4.69, 9.17) is 5.73 Å². The lowest BCUT2D eigenvalue weighted by Gasteiger charge is -2.12. The van der Waals surface area contributed by atoms with Crippen molar-refractivity contribution >= 4 is 23.5 Å². The molecule has 0 fully saturated rings. The average Bonchev–Trinajstić information content (AvgIpc) is 3.17. The number of aryl methyl sites for hydroxylation is 1. The molecule has 3 N–H and O–H groups in total. The highest BCUT2D eigenvalue weighted by molar-refractivity contribution is 8.00. The van der Waals surface area contributed by atoms with Crippen molar-refractivity contribution < 1.29 is 18.3 Å². The number of nitrogen functional groups attached to an aromatic ring is 1. The molecule has 1 aromatic carbocycles. The van der Waals surface area contributed by atoms with Gasteiger partial charge < -0.3 is 15.0 Å². The number of Topliss-reactive ketones (excluding diaryl/α,β-unsaturated/α-hetero) is 1. The van der Waals surface area contributed by atoms with Gasteiger partial charge in [-0.05, 0) is 51.1 Å². The van der Waals surface area contributed by atoms with Gasteiger partial charge in [0, 0.05) is 22.6 Å². The number of benzene rings is 1. The summed E-state index contributed by atoms with van der Waals surface area (Å²) < 4.78 is 30.9. The topological polar surface area (TPSA) is 98.8 Å². The number of carbonyl (C=O) groups excluding carboxylic acids is 1. The van der Waals surface area contributed by atoms with Crippen molar-refractivity contribution in [3.05, 3.63) is 47.3 Å². The molecule has 10 heteroatoms. The number of hydrogen-bond acceptors (Lipinski definition) is 6. The molecule has 3 rings (SSSR count). The Hall–Kier alpha value is -2.88. The molecule has 0 spiro atoms. The second-order valence-electron chi connectivity index (χ2n) is 6.12. The minimum Gasteiger partial charge on any atom is -0.435 e. The number of carbonyl (C=O) groups is 1. The van der Waals surface area contributed by atoms with Crippen molar-refractivity contribution in [3.8, 4) is 11.4 Å². The maximum absolute atomic E-state index is 12.9. The van der Waals surface area contributed by atoms with Crippen molar-refractivity contribution in [1.29, 1.82) is 0 Å². The van der Waals surface area contributed by atoms with E-state index in [1.807, 2.05) is 24.5 Å². The van der Waals surface area contributed by atoms with E-state index in [1.165, 1.54) is 23.9 Å². The summed E-state index contributed by atoms with van der Waals surface area (Å²) in [5.74, 6) is 0.207. The van der Waals surface area contributed by atoms with E-state index < -0.39 is 11.9 Å². The molecule has 0 radical (unpaired) electrons. The first kappa shape index (κ1) is 19.9. The highest BCUT2D eigenvalue weighted by Crippen LogP contribution is 2.28. The van der Waals surface area contributed by atoms with Crippen LogP contribution in [0.25, 0.3) is 5.69 Å². The fourth-order valence-corrected chi connectivity index (χ4v) is 3.73. The number of rotatable bonds is 7. The summed E-state index contributed by atoms with van der Waals surface area (Å²) >= 11 is 1.21. The zero-order valence-corrected chi connectivity index (χ0v) is 16.3. The van der Waals surface area contributed by atoms with E-state index in [2.05, 4.69) is 19.9 Å². The number of aromatic nitrogens is 4. The Bertz CT molecular complexity index is 985. The molecule has 148 valence electrons. The fraction of sp³-hybridized carbons (Fsp3) is 0.278. The van der Waals surface area contributed by atoms with E-state index in [1.54, 1.807) is 19.1 Å². The smallest absolute Gasteiger partial charge is 0.387 e. The maximum Gasteiger partial charge on any atom is 0.387 e. The molecule has 0 amide bonds. The Morgan fingerprint density at radius 1 is 1.29 bits per heavy atom. The number of nitrogens with two attached hydrogens (primary N) is 1. The van der Waals surface area contributed by atoms with E-state index in [9.17, 15) is 13.6 Å². The SMILES string of the molecule is Cc1cc(C(=O)[C@H](C)Sc2n[nH]c(N)n2)c(C)n1-c1ccc(OC(F)F)cc1. The van der Waals surface area contributed by atoms with Crippen LogP contribution in [0, 0.1) is 13.8 Å². The number of ketones is 1. The zero-order valence-electron chi connectivity index (χ0n) is 15.4. The molecule has 0 unspecified atom stereocenters. The number of nitrogens with one attached hydrogen (secondary N) is 1. The Morgan fingerprint density at radius 2 is 1.96 bits per heavy atom. The number of anilines is 1. The van der Waals surface area contributed by atoms with Crippen LogP contribution in [0.15, 0.2) is 35.5 Å². The Balaban J connectivity index is 1.83. The summed E-state index contributed by atoms with van der Waals surface area (Å²) in [6.07, 6.45) is 0. The van der Waals surface area contributed by atoms with Crippen LogP contribution in [-0.4, -0.2) is 37.4 Å². The van der Waals surface area contributed by atoms with Crippen LogP contribution in [0.1, 0.15) is 28.7 Å². The van der Waals surface area contributed by atoms with Gasteiger partial charge in [0.1, 0.15) is 5.75 Å². The Kier molecular flexibility index (Phi) is 5.68. The molecule has 0 aliphatic rings. The number of hydrogen-bond donors (Lipinski definition) is 2. The van der Waals surface area contributed by atoms with Gasteiger partial charge in [0.05, 0.1) is 5.25 Å². The number of H-pyrrole nitrogens is 1. The van der Waals surface area contributed by atoms with Crippen molar-refractivity contribution in [2.75, 3.05) is 5.73 Å². The highest BCUT2D eigenvalue weighted by atomic mass is 32.2. The van der Waals surface area contributed by atoms with Gasteiger partial charge in [-0.15, -0.1) is 5.10 Å². The van der Waals surface area contributed by atoms with E-state index >= 15 is 0 Å². The quantitative estimate of drug-likeness (QED) is 0.457. The van der Waals surface area contributed by atoms with Crippen LogP contribution in [-0.2, 0) is 0 Å². The van der Waals surface area contributed by atoms with Crippen LogP contribution in [0.2, 0.25) is 0 Å². The largest absolute Gasteiger partial charge is 0.435 e. The Morgan fingerprint density at radius 3 is 2.54 bits per heavy atom. The van der Waals surface area contributed by atoms with Gasteiger partial charge in [0.15, 0.2) is 5.78 Å². The molecular weight excluding hydrogens is 388 g/mol. The van der Waals surface area contributed by atoms with Gasteiger partial charge in [-0.3, -0.25) is 4.79 Å². The summed E-state index contributed by atoms with van der Waals surface area (Å²) in [4.78, 5) is 16.9. The van der Waals surface area contributed by atoms with Crippen LogP contribution in [0.3, 0.4) is 0 Å². The number of ether oxygens (including phenoxy) is 1. The van der Waals surface area contributed by atoms with Crippen molar-refractivity contribution in [2.24, 2.45) is 0 Å². The minimum atomic E-state index is -2.87. The number of aromatic amines is 1. The summed E-state index contributed by atoms with van der Waals surface area (Å²) in [5.41, 5.74) is 8.44. The molecule has 0 saturated carbocycles. The second-order valence-corrected chi connectivity index (χ2v) is 7.43. The minimum absolute atomic E-state index is 0.0645. The van der Waals surface area contributed by atoms with Gasteiger partial charge in [-0.1, -0.05) is 11.8 Å². The maximum atomic E-state index is 12.9. The van der Waals surface area contributed by atoms with Crippen molar-refractivity contribution in [2.45, 2.75) is 37.8 Å².